The number of carbonyl (C=O) groups is 1. The average molecular weight is 194 g/mol. The summed E-state index contributed by atoms with van der Waals surface area (Å²) in [5, 5.41) is 30.4. The Bertz CT molecular complexity index is 182. The van der Waals surface area contributed by atoms with Gasteiger partial charge in [-0.05, 0) is 5.04 Å². The van der Waals surface area contributed by atoms with Crippen molar-refractivity contribution >= 4 is 5.97 Å². The molecule has 7 heteroatoms. The number of hydrogen-bond donors (Lipinski definition) is 3. The van der Waals surface area contributed by atoms with Crippen LogP contribution < -0.4 is 0 Å². The minimum Gasteiger partial charge on any atom is -0.394 e. The van der Waals surface area contributed by atoms with Crippen LogP contribution in [-0.2, 0) is 19.6 Å². The van der Waals surface area contributed by atoms with Crippen LogP contribution in [0.4, 0.5) is 0 Å². The summed E-state index contributed by atoms with van der Waals surface area (Å²) < 4.78 is 0. The van der Waals surface area contributed by atoms with Gasteiger partial charge >= 0.3 is 5.97 Å². The zero-order valence-electron chi connectivity index (χ0n) is 6.62. The molecule has 1 saturated heterocycles. The van der Waals surface area contributed by atoms with Crippen LogP contribution in [0.25, 0.3) is 0 Å². The predicted molar refractivity (Wildman–Crippen MR) is 35.8 cm³/mol. The zero-order chi connectivity index (χ0) is 9.84. The van der Waals surface area contributed by atoms with Gasteiger partial charge in [-0.1, -0.05) is 0 Å². The van der Waals surface area contributed by atoms with E-state index in [2.05, 4.69) is 14.8 Å². The van der Waals surface area contributed by atoms with Crippen LogP contribution in [0.1, 0.15) is 6.42 Å². The largest absolute Gasteiger partial charge is 0.394 e. The van der Waals surface area contributed by atoms with Crippen molar-refractivity contribution in [2.45, 2.75) is 24.7 Å². The third-order valence-electron chi connectivity index (χ3n) is 1.62. The van der Waals surface area contributed by atoms with Gasteiger partial charge in [-0.15, -0.1) is 0 Å². The molecule has 3 N–H and O–H groups in total. The van der Waals surface area contributed by atoms with Gasteiger partial charge < -0.3 is 15.3 Å². The topological polar surface area (TPSA) is 105 Å². The first-order chi connectivity index (χ1) is 6.15. The van der Waals surface area contributed by atoms with Crippen molar-refractivity contribution in [2.24, 2.45) is 0 Å². The van der Waals surface area contributed by atoms with Crippen molar-refractivity contribution in [1.29, 1.82) is 0 Å². The standard InChI is InChI=1S/C6H10O7/c7-2-4(9)3(8)1-5-6(10)12-13-11-5/h3-5,7-9H,1-2H2/t3-,4-,5-/m1/s1. The molecule has 1 aliphatic heterocycles. The fourth-order valence-corrected chi connectivity index (χ4v) is 0.827. The maximum Gasteiger partial charge on any atom is 0.377 e. The fraction of sp³-hybridized carbons (Fsp3) is 0.833. The van der Waals surface area contributed by atoms with Crippen LogP contribution >= 0.6 is 0 Å². The lowest BCUT2D eigenvalue weighted by Gasteiger charge is -2.15. The maximum absolute atomic E-state index is 10.7. The molecule has 1 rings (SSSR count). The van der Waals surface area contributed by atoms with E-state index < -0.39 is 30.9 Å². The zero-order valence-corrected chi connectivity index (χ0v) is 6.62. The third kappa shape index (κ3) is 2.61. The number of aliphatic hydroxyl groups is 3. The Balaban J connectivity index is 2.34. The molecular formula is C6H10O7. The first-order valence-corrected chi connectivity index (χ1v) is 3.66. The van der Waals surface area contributed by atoms with Crippen LogP contribution in [0, 0.1) is 0 Å². The van der Waals surface area contributed by atoms with Crippen LogP contribution in [0.15, 0.2) is 0 Å². The summed E-state index contributed by atoms with van der Waals surface area (Å²) in [5.74, 6) is -0.774. The summed E-state index contributed by atoms with van der Waals surface area (Å²) in [7, 11) is 0. The van der Waals surface area contributed by atoms with Crippen molar-refractivity contribution in [1.82, 2.24) is 0 Å². The van der Waals surface area contributed by atoms with E-state index >= 15 is 0 Å². The molecule has 0 saturated carbocycles. The van der Waals surface area contributed by atoms with Crippen molar-refractivity contribution in [3.63, 3.8) is 0 Å². The van der Waals surface area contributed by atoms with Gasteiger partial charge in [0.1, 0.15) is 6.10 Å². The second-order valence-electron chi connectivity index (χ2n) is 2.61. The number of aliphatic hydroxyl groups excluding tert-OH is 3. The molecule has 1 fully saturated rings. The Labute approximate surface area is 73.3 Å². The number of carbonyl (C=O) groups excluding carboxylic acids is 1. The maximum atomic E-state index is 10.7. The van der Waals surface area contributed by atoms with Crippen molar-refractivity contribution in [2.75, 3.05) is 6.61 Å². The first kappa shape index (κ1) is 10.4. The highest BCUT2D eigenvalue weighted by Crippen LogP contribution is 2.14. The highest BCUT2D eigenvalue weighted by atomic mass is 17.5. The average Bonchev–Trinajstić information content (AvgIpc) is 2.50. The smallest absolute Gasteiger partial charge is 0.377 e. The molecule has 1 aliphatic rings. The van der Waals surface area contributed by atoms with Crippen LogP contribution in [0.5, 0.6) is 0 Å². The lowest BCUT2D eigenvalue weighted by Crippen LogP contribution is -2.34. The summed E-state index contributed by atoms with van der Waals surface area (Å²) >= 11 is 0. The summed E-state index contributed by atoms with van der Waals surface area (Å²) in [6, 6.07) is 0. The molecule has 0 radical (unpaired) electrons. The predicted octanol–water partition coefficient (Wildman–Crippen LogP) is -2.12. The highest BCUT2D eigenvalue weighted by Gasteiger charge is 2.34. The highest BCUT2D eigenvalue weighted by molar-refractivity contribution is 5.74. The van der Waals surface area contributed by atoms with E-state index in [1.54, 1.807) is 0 Å². The summed E-state index contributed by atoms with van der Waals surface area (Å²) in [6.07, 6.45) is -3.82. The fourth-order valence-electron chi connectivity index (χ4n) is 0.827. The van der Waals surface area contributed by atoms with Crippen LogP contribution in [0.3, 0.4) is 0 Å². The van der Waals surface area contributed by atoms with E-state index in [1.807, 2.05) is 0 Å². The Hall–Kier alpha value is -0.730. The molecule has 0 unspecified atom stereocenters. The molecule has 76 valence electrons. The van der Waals surface area contributed by atoms with Gasteiger partial charge in [-0.3, -0.25) is 4.89 Å². The molecule has 13 heavy (non-hydrogen) atoms. The summed E-state index contributed by atoms with van der Waals surface area (Å²) in [6.45, 7) is -0.593. The molecule has 0 aromatic rings. The molecule has 7 nitrogen and oxygen atoms in total. The summed E-state index contributed by atoms with van der Waals surface area (Å²) in [4.78, 5) is 19.0. The van der Waals surface area contributed by atoms with Gasteiger partial charge in [0.05, 0.1) is 12.7 Å². The molecule has 1 heterocycles. The van der Waals surface area contributed by atoms with E-state index in [-0.39, 0.29) is 6.42 Å². The SMILES string of the molecule is O=C1OOO[C@@H]1C[C@@H](O)[C@H](O)CO. The lowest BCUT2D eigenvalue weighted by atomic mass is 10.1. The van der Waals surface area contributed by atoms with Crippen molar-refractivity contribution in [3.8, 4) is 0 Å². The third-order valence-corrected chi connectivity index (χ3v) is 1.62. The molecule has 0 aromatic heterocycles. The van der Waals surface area contributed by atoms with E-state index in [4.69, 9.17) is 15.3 Å². The van der Waals surface area contributed by atoms with E-state index in [0.717, 1.165) is 0 Å². The number of hydrogen-bond acceptors (Lipinski definition) is 7. The molecule has 0 aromatic carbocycles. The lowest BCUT2D eigenvalue weighted by molar-refractivity contribution is -0.452. The molecule has 0 bridgehead atoms. The first-order valence-electron chi connectivity index (χ1n) is 3.66. The minimum absolute atomic E-state index is 0.194. The van der Waals surface area contributed by atoms with Crippen molar-refractivity contribution in [3.05, 3.63) is 0 Å². The Morgan fingerprint density at radius 2 is 2.08 bits per heavy atom. The van der Waals surface area contributed by atoms with E-state index in [1.165, 1.54) is 0 Å². The van der Waals surface area contributed by atoms with Gasteiger partial charge in [0, 0.05) is 6.42 Å². The Morgan fingerprint density at radius 3 is 2.54 bits per heavy atom. The van der Waals surface area contributed by atoms with Gasteiger partial charge in [-0.25, -0.2) is 4.79 Å². The van der Waals surface area contributed by atoms with Gasteiger partial charge in [-0.2, -0.15) is 4.89 Å². The van der Waals surface area contributed by atoms with Gasteiger partial charge in [0.25, 0.3) is 0 Å². The monoisotopic (exact) mass is 194 g/mol. The second-order valence-corrected chi connectivity index (χ2v) is 2.61. The number of rotatable bonds is 4. The van der Waals surface area contributed by atoms with E-state index in [0.29, 0.717) is 0 Å². The Morgan fingerprint density at radius 1 is 1.38 bits per heavy atom. The minimum atomic E-state index is -1.31. The molecule has 0 aliphatic carbocycles. The van der Waals surface area contributed by atoms with Crippen molar-refractivity contribution < 1.29 is 34.9 Å². The van der Waals surface area contributed by atoms with Crippen LogP contribution in [0.2, 0.25) is 0 Å². The van der Waals surface area contributed by atoms with Gasteiger partial charge in [0.15, 0.2) is 6.10 Å². The second kappa shape index (κ2) is 4.49. The van der Waals surface area contributed by atoms with E-state index in [9.17, 15) is 4.79 Å². The van der Waals surface area contributed by atoms with Gasteiger partial charge in [0.2, 0.25) is 0 Å². The molecule has 0 amide bonds. The molecule has 3 atom stereocenters. The normalized spacial score (nSPS) is 27.0. The van der Waals surface area contributed by atoms with Crippen LogP contribution in [-0.4, -0.2) is 46.2 Å². The quantitative estimate of drug-likeness (QED) is 0.439. The molecular weight excluding hydrogens is 184 g/mol. The summed E-state index contributed by atoms with van der Waals surface area (Å²) in [5.41, 5.74) is 0. The molecule has 0 spiro atoms. The Kier molecular flexibility index (Phi) is 3.58.